The normalized spacial score (nSPS) is 24.6. The number of hydrogen-bond acceptors (Lipinski definition) is 6. The second-order valence-electron chi connectivity index (χ2n) is 11.2. The molecule has 2 aromatic heterocycles. The number of aromatic nitrogens is 2. The van der Waals surface area contributed by atoms with E-state index in [1.54, 1.807) is 27.8 Å². The first-order valence-corrected chi connectivity index (χ1v) is 13.5. The quantitative estimate of drug-likeness (QED) is 0.435. The third kappa shape index (κ3) is 4.89. The molecular weight excluding hydrogens is 488 g/mol. The van der Waals surface area contributed by atoms with Gasteiger partial charge in [0.25, 0.3) is 11.8 Å². The maximum atomic E-state index is 13.7. The Morgan fingerprint density at radius 1 is 1.13 bits per heavy atom. The summed E-state index contributed by atoms with van der Waals surface area (Å²) in [6.07, 6.45) is 9.00. The molecule has 200 valence electrons. The zero-order valence-corrected chi connectivity index (χ0v) is 21.2. The Morgan fingerprint density at radius 2 is 1.95 bits per heavy atom. The van der Waals surface area contributed by atoms with Gasteiger partial charge in [0.15, 0.2) is 0 Å². The minimum absolute atomic E-state index is 0.0100. The topological polar surface area (TPSA) is 142 Å². The lowest BCUT2D eigenvalue weighted by molar-refractivity contribution is -0.141. The summed E-state index contributed by atoms with van der Waals surface area (Å²) < 4.78 is 1.76. The third-order valence-corrected chi connectivity index (χ3v) is 8.44. The number of imidazole rings is 1. The van der Waals surface area contributed by atoms with Crippen molar-refractivity contribution in [3.05, 3.63) is 36.3 Å². The van der Waals surface area contributed by atoms with Crippen molar-refractivity contribution in [3.8, 4) is 0 Å². The van der Waals surface area contributed by atoms with Crippen LogP contribution in [0.1, 0.15) is 61.9 Å². The molecule has 6 rings (SSSR count). The maximum absolute atomic E-state index is 13.7. The number of hydrogen-bond donors (Lipinski definition) is 3. The van der Waals surface area contributed by atoms with Gasteiger partial charge in [0.2, 0.25) is 17.6 Å². The number of Topliss-reactive ketones (excluding diaryl/α,β-unsaturated/α-hetero) is 1. The van der Waals surface area contributed by atoms with Crippen LogP contribution in [0.5, 0.6) is 0 Å². The van der Waals surface area contributed by atoms with E-state index in [9.17, 15) is 24.0 Å². The summed E-state index contributed by atoms with van der Waals surface area (Å²) in [5, 5.41) is 8.23. The molecule has 2 aliphatic heterocycles. The summed E-state index contributed by atoms with van der Waals surface area (Å²) in [6.45, 7) is 0.912. The molecule has 0 aromatic carbocycles. The van der Waals surface area contributed by atoms with Gasteiger partial charge in [-0.05, 0) is 68.9 Å². The molecule has 2 saturated heterocycles. The fourth-order valence-corrected chi connectivity index (χ4v) is 5.73. The molecule has 3 N–H and O–H groups in total. The van der Waals surface area contributed by atoms with Crippen LogP contribution in [-0.4, -0.2) is 74.9 Å². The predicted octanol–water partition coefficient (Wildman–Crippen LogP) is 0.578. The summed E-state index contributed by atoms with van der Waals surface area (Å²) in [7, 11) is 0. The molecular formula is C27H32N6O5. The number of pyridine rings is 1. The minimum Gasteiger partial charge on any atom is -0.356 e. The molecule has 2 saturated carbocycles. The van der Waals surface area contributed by atoms with E-state index in [1.807, 2.05) is 12.1 Å². The van der Waals surface area contributed by atoms with Gasteiger partial charge in [-0.1, -0.05) is 6.07 Å². The Balaban J connectivity index is 1.23. The first kappa shape index (κ1) is 24.6. The molecule has 0 radical (unpaired) electrons. The summed E-state index contributed by atoms with van der Waals surface area (Å²) >= 11 is 0. The van der Waals surface area contributed by atoms with Crippen LogP contribution in [0.2, 0.25) is 0 Å². The monoisotopic (exact) mass is 520 g/mol. The van der Waals surface area contributed by atoms with Crippen molar-refractivity contribution in [2.45, 2.75) is 69.5 Å². The molecule has 4 fully saturated rings. The largest absolute Gasteiger partial charge is 0.356 e. The van der Waals surface area contributed by atoms with Gasteiger partial charge in [0, 0.05) is 37.4 Å². The van der Waals surface area contributed by atoms with Gasteiger partial charge in [-0.25, -0.2) is 4.98 Å². The molecule has 4 aliphatic rings. The van der Waals surface area contributed by atoms with Gasteiger partial charge in [0.05, 0.1) is 6.04 Å². The Labute approximate surface area is 219 Å². The average molecular weight is 521 g/mol. The molecule has 0 unspecified atom stereocenters. The smallest absolute Gasteiger partial charge is 0.289 e. The number of nitrogens with one attached hydrogen (secondary N) is 3. The van der Waals surface area contributed by atoms with Crippen LogP contribution in [0.4, 0.5) is 0 Å². The molecule has 2 aliphatic carbocycles. The lowest BCUT2D eigenvalue weighted by Gasteiger charge is -2.39. The third-order valence-electron chi connectivity index (χ3n) is 8.44. The predicted molar refractivity (Wildman–Crippen MR) is 135 cm³/mol. The highest BCUT2D eigenvalue weighted by Crippen LogP contribution is 2.55. The van der Waals surface area contributed by atoms with Gasteiger partial charge >= 0.3 is 0 Å². The molecule has 4 amide bonds. The van der Waals surface area contributed by atoms with Crippen molar-refractivity contribution in [1.29, 1.82) is 0 Å². The molecule has 11 heteroatoms. The Morgan fingerprint density at radius 3 is 2.63 bits per heavy atom. The number of rotatable bonds is 8. The lowest BCUT2D eigenvalue weighted by Crippen LogP contribution is -2.58. The van der Waals surface area contributed by atoms with Crippen molar-refractivity contribution < 1.29 is 24.0 Å². The van der Waals surface area contributed by atoms with Crippen LogP contribution < -0.4 is 16.0 Å². The van der Waals surface area contributed by atoms with Gasteiger partial charge in [0.1, 0.15) is 17.4 Å². The zero-order valence-electron chi connectivity index (χ0n) is 21.2. The minimum atomic E-state index is -1.14. The van der Waals surface area contributed by atoms with E-state index < -0.39 is 35.6 Å². The van der Waals surface area contributed by atoms with Gasteiger partial charge in [-0.3, -0.25) is 24.0 Å². The van der Waals surface area contributed by atoms with Crippen LogP contribution in [0.15, 0.2) is 30.6 Å². The van der Waals surface area contributed by atoms with E-state index in [0.29, 0.717) is 31.6 Å². The molecule has 38 heavy (non-hydrogen) atoms. The Kier molecular flexibility index (Phi) is 6.16. The number of fused-ring (bicyclic) bond motifs is 1. The van der Waals surface area contributed by atoms with E-state index in [-0.39, 0.29) is 35.4 Å². The number of amides is 4. The summed E-state index contributed by atoms with van der Waals surface area (Å²) in [5.74, 6) is -2.94. The number of piperidine rings is 1. The highest BCUT2D eigenvalue weighted by atomic mass is 16.2. The second kappa shape index (κ2) is 9.52. The van der Waals surface area contributed by atoms with Gasteiger partial charge in [-0.2, -0.15) is 0 Å². The van der Waals surface area contributed by atoms with Crippen molar-refractivity contribution >= 4 is 35.1 Å². The second-order valence-corrected chi connectivity index (χ2v) is 11.2. The summed E-state index contributed by atoms with van der Waals surface area (Å²) in [5.41, 5.74) is 0.917. The highest BCUT2D eigenvalue weighted by molar-refractivity contribution is 6.38. The molecule has 3 atom stereocenters. The SMILES string of the molecule is O=C(NC1CC1)C(=O)[C@H](C[C@@H]1CCNC1=O)NC(=O)[C@@H]1CC2(CCN1C(=O)c1cn3ccccc3n1)CC2. The van der Waals surface area contributed by atoms with Crippen LogP contribution in [0, 0.1) is 11.3 Å². The lowest BCUT2D eigenvalue weighted by atomic mass is 9.86. The summed E-state index contributed by atoms with van der Waals surface area (Å²) in [6, 6.07) is 3.55. The Bertz CT molecular complexity index is 1280. The molecule has 1 spiro atoms. The number of ketones is 1. The first-order valence-electron chi connectivity index (χ1n) is 13.5. The van der Waals surface area contributed by atoms with Crippen LogP contribution in [0.3, 0.4) is 0 Å². The van der Waals surface area contributed by atoms with E-state index >= 15 is 0 Å². The molecule has 0 bridgehead atoms. The number of carbonyl (C=O) groups is 5. The Hall–Kier alpha value is -3.76. The fraction of sp³-hybridized carbons (Fsp3) is 0.556. The summed E-state index contributed by atoms with van der Waals surface area (Å²) in [4.78, 5) is 71.3. The highest BCUT2D eigenvalue weighted by Gasteiger charge is 2.51. The zero-order chi connectivity index (χ0) is 26.4. The number of nitrogens with zero attached hydrogens (tertiary/aromatic N) is 3. The van der Waals surface area contributed by atoms with Gasteiger partial charge in [-0.15, -0.1) is 0 Å². The fourth-order valence-electron chi connectivity index (χ4n) is 5.73. The first-order chi connectivity index (χ1) is 18.3. The van der Waals surface area contributed by atoms with Crippen LogP contribution >= 0.6 is 0 Å². The van der Waals surface area contributed by atoms with Crippen molar-refractivity contribution in [2.75, 3.05) is 13.1 Å². The molecule has 11 nitrogen and oxygen atoms in total. The average Bonchev–Trinajstić information content (AvgIpc) is 3.80. The molecule has 4 heterocycles. The number of carbonyl (C=O) groups excluding carboxylic acids is 5. The molecule has 2 aromatic rings. The van der Waals surface area contributed by atoms with Crippen molar-refractivity contribution in [1.82, 2.24) is 30.2 Å². The van der Waals surface area contributed by atoms with E-state index in [0.717, 1.165) is 32.1 Å². The van der Waals surface area contributed by atoms with E-state index in [2.05, 4.69) is 20.9 Å². The maximum Gasteiger partial charge on any atom is 0.289 e. The number of likely N-dealkylation sites (tertiary alicyclic amines) is 1. The van der Waals surface area contributed by atoms with Crippen molar-refractivity contribution in [2.24, 2.45) is 11.3 Å². The van der Waals surface area contributed by atoms with E-state index in [1.165, 1.54) is 0 Å². The van der Waals surface area contributed by atoms with Crippen LogP contribution in [-0.2, 0) is 19.2 Å². The standard InChI is InChI=1S/C27H32N6O5/c34-22(25(37)29-17-4-5-17)18(13-16-6-10-28-23(16)35)31-24(36)20-14-27(7-8-27)9-12-33(20)26(38)19-15-32-11-2-1-3-21(32)30-19/h1-3,11,15-18,20H,4-10,12-14H2,(H,28,35)(H,29,37)(H,31,36)/t16-,18-,20-/m0/s1. The van der Waals surface area contributed by atoms with Gasteiger partial charge < -0.3 is 25.3 Å². The van der Waals surface area contributed by atoms with Crippen LogP contribution in [0.25, 0.3) is 5.65 Å². The van der Waals surface area contributed by atoms with E-state index in [4.69, 9.17) is 0 Å². The van der Waals surface area contributed by atoms with Crippen molar-refractivity contribution in [3.63, 3.8) is 0 Å².